The minimum absolute atomic E-state index is 0.231. The Morgan fingerprint density at radius 2 is 2.00 bits per heavy atom. The first-order chi connectivity index (χ1) is 5.74. The topological polar surface area (TPSA) is 32.8 Å². The maximum absolute atomic E-state index is 11.1. The third kappa shape index (κ3) is 2.37. The molecule has 1 aliphatic rings. The molecule has 1 aliphatic heterocycles. The summed E-state index contributed by atoms with van der Waals surface area (Å²) in [7, 11) is 5.53. The number of hydrogen-bond donors (Lipinski definition) is 0. The molecule has 0 atom stereocenters. The highest BCUT2D eigenvalue weighted by Crippen LogP contribution is 2.01. The van der Waals surface area contributed by atoms with E-state index in [4.69, 9.17) is 11.8 Å². The van der Waals surface area contributed by atoms with Crippen LogP contribution >= 0.6 is 0 Å². The van der Waals surface area contributed by atoms with Crippen LogP contribution in [0, 0.1) is 7.05 Å². The summed E-state index contributed by atoms with van der Waals surface area (Å²) < 4.78 is 4.84. The van der Waals surface area contributed by atoms with E-state index in [0.717, 1.165) is 13.1 Å². The predicted octanol–water partition coefficient (Wildman–Crippen LogP) is 0.429. The van der Waals surface area contributed by atoms with Gasteiger partial charge in [-0.15, -0.1) is 0 Å². The molecule has 0 unspecified atom stereocenters. The molecule has 1 amide bonds. The number of ether oxygens (including phenoxy) is 1. The predicted molar refractivity (Wildman–Crippen MR) is 44.5 cm³/mol. The Morgan fingerprint density at radius 3 is 2.50 bits per heavy atom. The zero-order valence-electron chi connectivity index (χ0n) is 7.32. The van der Waals surface area contributed by atoms with Crippen LogP contribution in [0.1, 0.15) is 6.92 Å². The number of hydrogen-bond acceptors (Lipinski definition) is 3. The van der Waals surface area contributed by atoms with Gasteiger partial charge in [-0.1, -0.05) is 0 Å². The van der Waals surface area contributed by atoms with E-state index in [9.17, 15) is 4.79 Å². The van der Waals surface area contributed by atoms with E-state index in [2.05, 4.69) is 0 Å². The second-order valence-corrected chi connectivity index (χ2v) is 2.72. The van der Waals surface area contributed by atoms with Gasteiger partial charge >= 0.3 is 6.09 Å². The lowest BCUT2D eigenvalue weighted by atomic mass is 10.3. The van der Waals surface area contributed by atoms with Crippen LogP contribution in [-0.2, 0) is 4.74 Å². The third-order valence-corrected chi connectivity index (χ3v) is 1.84. The van der Waals surface area contributed by atoms with Crippen LogP contribution in [0.2, 0.25) is 0 Å². The van der Waals surface area contributed by atoms with E-state index in [1.807, 2.05) is 0 Å². The van der Waals surface area contributed by atoms with Crippen LogP contribution < -0.4 is 0 Å². The van der Waals surface area contributed by atoms with Crippen molar-refractivity contribution in [3.8, 4) is 0 Å². The minimum Gasteiger partial charge on any atom is -0.450 e. The summed E-state index contributed by atoms with van der Waals surface area (Å²) in [5.41, 5.74) is 0. The van der Waals surface area contributed by atoms with Crippen molar-refractivity contribution in [3.05, 3.63) is 7.05 Å². The maximum Gasteiger partial charge on any atom is 0.409 e. The van der Waals surface area contributed by atoms with Gasteiger partial charge in [0.25, 0.3) is 0 Å². The van der Waals surface area contributed by atoms with Crippen molar-refractivity contribution in [3.63, 3.8) is 0 Å². The Hall–Kier alpha value is -0.770. The zero-order chi connectivity index (χ0) is 8.97. The summed E-state index contributed by atoms with van der Waals surface area (Å²) in [4.78, 5) is 14.5. The maximum atomic E-state index is 11.1. The number of carbonyl (C=O) groups excluding carboxylic acids is 1. The molecule has 0 bridgehead atoms. The molecular weight excluding hydrogens is 156 g/mol. The van der Waals surface area contributed by atoms with E-state index < -0.39 is 0 Å². The van der Waals surface area contributed by atoms with Gasteiger partial charge in [-0.3, -0.25) is 4.90 Å². The quantitative estimate of drug-likeness (QED) is 0.572. The molecular formula is C8H14N2O2. The Labute approximate surface area is 73.1 Å². The van der Waals surface area contributed by atoms with Crippen molar-refractivity contribution >= 4 is 6.09 Å². The van der Waals surface area contributed by atoms with E-state index in [-0.39, 0.29) is 6.09 Å². The van der Waals surface area contributed by atoms with Gasteiger partial charge in [-0.25, -0.2) is 4.79 Å². The van der Waals surface area contributed by atoms with Gasteiger partial charge < -0.3 is 9.64 Å². The molecule has 4 heteroatoms. The Kier molecular flexibility index (Phi) is 3.34. The van der Waals surface area contributed by atoms with Crippen molar-refractivity contribution in [2.75, 3.05) is 32.8 Å². The van der Waals surface area contributed by atoms with E-state index in [0.29, 0.717) is 19.7 Å². The monoisotopic (exact) mass is 170 g/mol. The fraction of sp³-hybridized carbons (Fsp3) is 0.750. The average Bonchev–Trinajstić information content (AvgIpc) is 2.06. The zero-order valence-corrected chi connectivity index (χ0v) is 7.32. The minimum atomic E-state index is -0.231. The van der Waals surface area contributed by atoms with Crippen LogP contribution in [0.4, 0.5) is 4.79 Å². The van der Waals surface area contributed by atoms with Gasteiger partial charge in [0.2, 0.25) is 0 Å². The SMILES string of the molecule is [CH]N1CCN(C(=O)OCC)CC1. The summed E-state index contributed by atoms with van der Waals surface area (Å²) in [5.74, 6) is 0. The number of carbonyl (C=O) groups is 1. The molecule has 0 aromatic heterocycles. The van der Waals surface area contributed by atoms with Crippen molar-refractivity contribution < 1.29 is 9.53 Å². The number of nitrogens with zero attached hydrogens (tertiary/aromatic N) is 2. The van der Waals surface area contributed by atoms with Crippen molar-refractivity contribution in [1.29, 1.82) is 0 Å². The van der Waals surface area contributed by atoms with Gasteiger partial charge in [0.05, 0.1) is 6.61 Å². The van der Waals surface area contributed by atoms with Crippen LogP contribution in [0.5, 0.6) is 0 Å². The van der Waals surface area contributed by atoms with E-state index >= 15 is 0 Å². The lowest BCUT2D eigenvalue weighted by Gasteiger charge is -2.31. The molecule has 68 valence electrons. The molecule has 0 aromatic rings. The first-order valence-corrected chi connectivity index (χ1v) is 4.15. The fourth-order valence-electron chi connectivity index (χ4n) is 1.12. The smallest absolute Gasteiger partial charge is 0.409 e. The molecule has 2 radical (unpaired) electrons. The molecule has 1 rings (SSSR count). The van der Waals surface area contributed by atoms with Gasteiger partial charge in [0.15, 0.2) is 0 Å². The van der Waals surface area contributed by atoms with Gasteiger partial charge in [-0.05, 0) is 6.92 Å². The van der Waals surface area contributed by atoms with Gasteiger partial charge in [0.1, 0.15) is 0 Å². The lowest BCUT2D eigenvalue weighted by molar-refractivity contribution is 0.0886. The second-order valence-electron chi connectivity index (χ2n) is 2.72. The van der Waals surface area contributed by atoms with Crippen LogP contribution in [-0.4, -0.2) is 48.7 Å². The molecule has 0 N–H and O–H groups in total. The van der Waals surface area contributed by atoms with Crippen molar-refractivity contribution in [2.24, 2.45) is 0 Å². The average molecular weight is 170 g/mol. The molecule has 0 saturated carbocycles. The second kappa shape index (κ2) is 4.30. The van der Waals surface area contributed by atoms with Crippen LogP contribution in [0.25, 0.3) is 0 Å². The first-order valence-electron chi connectivity index (χ1n) is 4.15. The summed E-state index contributed by atoms with van der Waals surface area (Å²) in [6.45, 7) is 5.00. The van der Waals surface area contributed by atoms with Gasteiger partial charge in [-0.2, -0.15) is 0 Å². The Morgan fingerprint density at radius 1 is 1.42 bits per heavy atom. The van der Waals surface area contributed by atoms with Crippen LogP contribution in [0.15, 0.2) is 0 Å². The normalized spacial score (nSPS) is 19.3. The molecule has 0 spiro atoms. The highest BCUT2D eigenvalue weighted by molar-refractivity contribution is 5.67. The summed E-state index contributed by atoms with van der Waals surface area (Å²) >= 11 is 0. The third-order valence-electron chi connectivity index (χ3n) is 1.84. The molecule has 1 heterocycles. The summed E-state index contributed by atoms with van der Waals surface area (Å²) in [5, 5.41) is 0. The van der Waals surface area contributed by atoms with Crippen molar-refractivity contribution in [1.82, 2.24) is 9.80 Å². The summed E-state index contributed by atoms with van der Waals surface area (Å²) in [6, 6.07) is 0. The van der Waals surface area contributed by atoms with E-state index in [1.54, 1.807) is 16.7 Å². The molecule has 12 heavy (non-hydrogen) atoms. The number of amides is 1. The van der Waals surface area contributed by atoms with Gasteiger partial charge in [0, 0.05) is 33.2 Å². The van der Waals surface area contributed by atoms with E-state index in [1.165, 1.54) is 0 Å². The molecule has 0 aliphatic carbocycles. The lowest BCUT2D eigenvalue weighted by Crippen LogP contribution is -2.46. The highest BCUT2D eigenvalue weighted by Gasteiger charge is 2.19. The highest BCUT2D eigenvalue weighted by atomic mass is 16.6. The largest absolute Gasteiger partial charge is 0.450 e. The molecule has 1 fully saturated rings. The Bertz CT molecular complexity index is 153. The van der Waals surface area contributed by atoms with Crippen molar-refractivity contribution in [2.45, 2.75) is 6.92 Å². The number of piperazine rings is 1. The molecule has 0 aromatic carbocycles. The number of rotatable bonds is 1. The Balaban J connectivity index is 2.29. The van der Waals surface area contributed by atoms with Crippen LogP contribution in [0.3, 0.4) is 0 Å². The molecule has 4 nitrogen and oxygen atoms in total. The summed E-state index contributed by atoms with van der Waals surface area (Å²) in [6.07, 6.45) is -0.231. The molecule has 1 saturated heterocycles. The standard InChI is InChI=1S/C8H14N2O2/c1-3-12-8(11)10-6-4-9(2)5-7-10/h2H,3-7H2,1H3. The fourth-order valence-corrected chi connectivity index (χ4v) is 1.12. The first kappa shape index (κ1) is 9.32.